The first-order valence-corrected chi connectivity index (χ1v) is 6.09. The number of hydrogen-bond acceptors (Lipinski definition) is 4. The summed E-state index contributed by atoms with van der Waals surface area (Å²) in [5, 5.41) is 0. The molecule has 0 unspecified atom stereocenters. The summed E-state index contributed by atoms with van der Waals surface area (Å²) in [7, 11) is 3.82. The molecule has 1 rings (SSSR count). The molecule has 1 fully saturated rings. The van der Waals surface area contributed by atoms with Gasteiger partial charge in [-0.1, -0.05) is 0 Å². The smallest absolute Gasteiger partial charge is 0.410 e. The Bertz CT molecular complexity index is 323. The van der Waals surface area contributed by atoms with Crippen molar-refractivity contribution >= 4 is 12.0 Å². The Balaban J connectivity index is 2.50. The summed E-state index contributed by atoms with van der Waals surface area (Å²) in [5.41, 5.74) is -0.527. The highest BCUT2D eigenvalue weighted by Crippen LogP contribution is 2.12. The second-order valence-electron chi connectivity index (χ2n) is 5.78. The molecular weight excluding hydrogens is 234 g/mol. The van der Waals surface area contributed by atoms with Gasteiger partial charge in [0.25, 0.3) is 0 Å². The van der Waals surface area contributed by atoms with Gasteiger partial charge in [-0.2, -0.15) is 0 Å². The van der Waals surface area contributed by atoms with Gasteiger partial charge in [-0.25, -0.2) is 4.79 Å². The van der Waals surface area contributed by atoms with Crippen molar-refractivity contribution in [3.05, 3.63) is 0 Å². The Labute approximate surface area is 108 Å². The lowest BCUT2D eigenvalue weighted by Gasteiger charge is -2.36. The van der Waals surface area contributed by atoms with Crippen LogP contribution in [0, 0.1) is 0 Å². The highest BCUT2D eigenvalue weighted by Gasteiger charge is 2.30. The molecule has 0 aromatic rings. The zero-order valence-corrected chi connectivity index (χ0v) is 11.9. The van der Waals surface area contributed by atoms with E-state index in [2.05, 4.69) is 0 Å². The van der Waals surface area contributed by atoms with Gasteiger partial charge < -0.3 is 9.64 Å². The Morgan fingerprint density at radius 3 is 2.39 bits per heavy atom. The van der Waals surface area contributed by atoms with E-state index in [0.29, 0.717) is 19.8 Å². The minimum atomic E-state index is -0.527. The van der Waals surface area contributed by atoms with Crippen LogP contribution in [0.25, 0.3) is 0 Å². The van der Waals surface area contributed by atoms with E-state index in [-0.39, 0.29) is 12.5 Å². The van der Waals surface area contributed by atoms with E-state index in [0.717, 1.165) is 0 Å². The number of amides is 2. The summed E-state index contributed by atoms with van der Waals surface area (Å²) in [6.45, 7) is 7.20. The monoisotopic (exact) mass is 257 g/mol. The maximum Gasteiger partial charge on any atom is 0.410 e. The zero-order chi connectivity index (χ0) is 13.9. The second kappa shape index (κ2) is 5.56. The Kier molecular flexibility index (Phi) is 4.56. The average Bonchev–Trinajstić information content (AvgIpc) is 2.17. The lowest BCUT2D eigenvalue weighted by Crippen LogP contribution is -2.54. The molecule has 6 heteroatoms. The van der Waals surface area contributed by atoms with Gasteiger partial charge in [0.05, 0.1) is 6.67 Å². The van der Waals surface area contributed by atoms with Crippen molar-refractivity contribution < 1.29 is 14.3 Å². The van der Waals surface area contributed by atoms with Crippen LogP contribution in [-0.4, -0.2) is 72.7 Å². The predicted molar refractivity (Wildman–Crippen MR) is 68.1 cm³/mol. The van der Waals surface area contributed by atoms with Crippen LogP contribution in [0.15, 0.2) is 0 Å². The minimum absolute atomic E-state index is 0.0409. The normalized spacial score (nSPS) is 17.3. The van der Waals surface area contributed by atoms with Gasteiger partial charge >= 0.3 is 6.09 Å². The number of hydrogen-bond donors (Lipinski definition) is 0. The van der Waals surface area contributed by atoms with Crippen LogP contribution in [0.1, 0.15) is 20.8 Å². The van der Waals surface area contributed by atoms with Gasteiger partial charge in [-0.15, -0.1) is 0 Å². The highest BCUT2D eigenvalue weighted by atomic mass is 16.6. The summed E-state index contributed by atoms with van der Waals surface area (Å²) in [5.74, 6) is -0.0409. The number of nitrogens with zero attached hydrogens (tertiary/aromatic N) is 3. The molecule has 1 aliphatic rings. The van der Waals surface area contributed by atoms with E-state index in [1.165, 1.54) is 4.90 Å². The largest absolute Gasteiger partial charge is 0.444 e. The molecule has 0 bridgehead atoms. The van der Waals surface area contributed by atoms with E-state index in [1.54, 1.807) is 4.90 Å². The molecule has 0 radical (unpaired) electrons. The fraction of sp³-hybridized carbons (Fsp3) is 0.833. The molecule has 0 spiro atoms. The molecule has 6 nitrogen and oxygen atoms in total. The third-order valence-corrected chi connectivity index (χ3v) is 2.42. The number of rotatable bonds is 2. The van der Waals surface area contributed by atoms with Crippen LogP contribution in [0.3, 0.4) is 0 Å². The zero-order valence-electron chi connectivity index (χ0n) is 11.9. The van der Waals surface area contributed by atoms with E-state index < -0.39 is 11.7 Å². The fourth-order valence-corrected chi connectivity index (χ4v) is 1.68. The van der Waals surface area contributed by atoms with E-state index in [9.17, 15) is 9.59 Å². The molecule has 1 aliphatic heterocycles. The molecule has 2 amide bonds. The molecule has 104 valence electrons. The predicted octanol–water partition coefficient (Wildman–Crippen LogP) is 0.585. The molecule has 0 atom stereocenters. The van der Waals surface area contributed by atoms with Gasteiger partial charge in [0.2, 0.25) is 5.91 Å². The Hall–Kier alpha value is -1.30. The molecule has 0 aliphatic carbocycles. The van der Waals surface area contributed by atoms with E-state index in [1.807, 2.05) is 39.8 Å². The third kappa shape index (κ3) is 4.52. The lowest BCUT2D eigenvalue weighted by molar-refractivity contribution is -0.137. The summed E-state index contributed by atoms with van der Waals surface area (Å²) in [4.78, 5) is 28.8. The van der Waals surface area contributed by atoms with Crippen molar-refractivity contribution in [3.63, 3.8) is 0 Å². The molecule has 0 saturated carbocycles. The average molecular weight is 257 g/mol. The summed E-state index contributed by atoms with van der Waals surface area (Å²) in [6, 6.07) is 0. The maximum atomic E-state index is 11.9. The van der Waals surface area contributed by atoms with Crippen molar-refractivity contribution in [1.82, 2.24) is 14.7 Å². The van der Waals surface area contributed by atoms with Crippen molar-refractivity contribution in [1.29, 1.82) is 0 Å². The minimum Gasteiger partial charge on any atom is -0.444 e. The van der Waals surface area contributed by atoms with Gasteiger partial charge in [0.15, 0.2) is 0 Å². The standard InChI is InChI=1S/C12H23N3O3/c1-12(2,3)18-11(17)14-6-7-15(9-13(4)5)10(16)8-14/h6-9H2,1-5H3. The van der Waals surface area contributed by atoms with Gasteiger partial charge in [0, 0.05) is 13.1 Å². The van der Waals surface area contributed by atoms with E-state index in [4.69, 9.17) is 4.74 Å². The first-order chi connectivity index (χ1) is 8.19. The Morgan fingerprint density at radius 2 is 1.94 bits per heavy atom. The maximum absolute atomic E-state index is 11.9. The molecule has 18 heavy (non-hydrogen) atoms. The quantitative estimate of drug-likeness (QED) is 0.726. The molecule has 0 N–H and O–H groups in total. The number of piperazine rings is 1. The SMILES string of the molecule is CN(C)CN1CCN(C(=O)OC(C)(C)C)CC1=O. The number of ether oxygens (including phenoxy) is 1. The summed E-state index contributed by atoms with van der Waals surface area (Å²) < 4.78 is 5.25. The fourth-order valence-electron chi connectivity index (χ4n) is 1.68. The molecular formula is C12H23N3O3. The van der Waals surface area contributed by atoms with Crippen LogP contribution < -0.4 is 0 Å². The van der Waals surface area contributed by atoms with Gasteiger partial charge in [-0.05, 0) is 34.9 Å². The highest BCUT2D eigenvalue weighted by molar-refractivity contribution is 5.83. The van der Waals surface area contributed by atoms with Crippen LogP contribution in [0.5, 0.6) is 0 Å². The first-order valence-electron chi connectivity index (χ1n) is 6.09. The topological polar surface area (TPSA) is 53.1 Å². The van der Waals surface area contributed by atoms with Gasteiger partial charge in [0.1, 0.15) is 12.1 Å². The molecule has 0 aromatic carbocycles. The number of carbonyl (C=O) groups excluding carboxylic acids is 2. The first kappa shape index (κ1) is 14.8. The summed E-state index contributed by atoms with van der Waals surface area (Å²) >= 11 is 0. The second-order valence-corrected chi connectivity index (χ2v) is 5.78. The van der Waals surface area contributed by atoms with Crippen molar-refractivity contribution in [2.45, 2.75) is 26.4 Å². The van der Waals surface area contributed by atoms with Crippen molar-refractivity contribution in [2.24, 2.45) is 0 Å². The third-order valence-electron chi connectivity index (χ3n) is 2.42. The molecule has 1 saturated heterocycles. The van der Waals surface area contributed by atoms with Crippen molar-refractivity contribution in [2.75, 3.05) is 40.4 Å². The Morgan fingerprint density at radius 1 is 1.33 bits per heavy atom. The molecule has 1 heterocycles. The van der Waals surface area contributed by atoms with Gasteiger partial charge in [-0.3, -0.25) is 14.6 Å². The molecule has 0 aromatic heterocycles. The lowest BCUT2D eigenvalue weighted by atomic mass is 10.2. The number of carbonyl (C=O) groups is 2. The van der Waals surface area contributed by atoms with Crippen LogP contribution >= 0.6 is 0 Å². The van der Waals surface area contributed by atoms with Crippen LogP contribution in [0.2, 0.25) is 0 Å². The van der Waals surface area contributed by atoms with Crippen LogP contribution in [0.4, 0.5) is 4.79 Å². The van der Waals surface area contributed by atoms with Crippen molar-refractivity contribution in [3.8, 4) is 0 Å². The summed E-state index contributed by atoms with van der Waals surface area (Å²) in [6.07, 6.45) is -0.416. The van der Waals surface area contributed by atoms with E-state index >= 15 is 0 Å². The van der Waals surface area contributed by atoms with Crippen LogP contribution in [-0.2, 0) is 9.53 Å².